The molecule has 1 aromatic heterocycles. The Morgan fingerprint density at radius 2 is 1.90 bits per heavy atom. The number of amides is 3. The van der Waals surface area contributed by atoms with Crippen molar-refractivity contribution in [2.75, 3.05) is 40.5 Å². The molecule has 0 aliphatic carbocycles. The Morgan fingerprint density at radius 1 is 1.13 bits per heavy atom. The summed E-state index contributed by atoms with van der Waals surface area (Å²) in [6.45, 7) is 4.48. The van der Waals surface area contributed by atoms with Crippen LogP contribution in [0.5, 0.6) is 5.75 Å². The van der Waals surface area contributed by atoms with Crippen molar-refractivity contribution in [2.45, 2.75) is 38.8 Å². The lowest BCUT2D eigenvalue weighted by Gasteiger charge is -2.33. The van der Waals surface area contributed by atoms with Crippen LogP contribution in [0, 0.1) is 6.92 Å². The van der Waals surface area contributed by atoms with Gasteiger partial charge in [0.15, 0.2) is 6.61 Å². The monoisotopic (exact) mass is 536 g/mol. The van der Waals surface area contributed by atoms with Gasteiger partial charge in [-0.25, -0.2) is 4.79 Å². The minimum absolute atomic E-state index is 0.00992. The van der Waals surface area contributed by atoms with Crippen LogP contribution in [-0.4, -0.2) is 72.9 Å². The highest BCUT2D eigenvalue weighted by Gasteiger charge is 2.28. The van der Waals surface area contributed by atoms with E-state index in [1.807, 2.05) is 29.3 Å². The quantitative estimate of drug-likeness (QED) is 0.365. The van der Waals surface area contributed by atoms with E-state index in [0.717, 1.165) is 40.4 Å². The summed E-state index contributed by atoms with van der Waals surface area (Å²) in [6, 6.07) is 11.5. The summed E-state index contributed by atoms with van der Waals surface area (Å²) in [5, 5.41) is 14.9. The number of nitrogens with one attached hydrogen (secondary N) is 2. The first kappa shape index (κ1) is 28.0. The summed E-state index contributed by atoms with van der Waals surface area (Å²) >= 11 is 0. The van der Waals surface area contributed by atoms with Crippen molar-refractivity contribution in [3.05, 3.63) is 64.8 Å². The number of ether oxygens (including phenoxy) is 2. The van der Waals surface area contributed by atoms with Crippen molar-refractivity contribution < 1.29 is 29.0 Å². The molecular weight excluding hydrogens is 500 g/mol. The molecule has 208 valence electrons. The van der Waals surface area contributed by atoms with Crippen LogP contribution < -0.4 is 15.4 Å². The van der Waals surface area contributed by atoms with Gasteiger partial charge in [0.25, 0.3) is 11.8 Å². The molecule has 1 saturated heterocycles. The fourth-order valence-electron chi connectivity index (χ4n) is 5.20. The molecule has 2 aromatic carbocycles. The number of likely N-dealkylation sites (N-methyl/N-ethyl adjacent to an activating group) is 1. The first-order valence-corrected chi connectivity index (χ1v) is 13.1. The normalized spacial score (nSPS) is 13.9. The number of para-hydroxylation sites is 1. The van der Waals surface area contributed by atoms with Gasteiger partial charge in [-0.05, 0) is 48.4 Å². The van der Waals surface area contributed by atoms with E-state index in [9.17, 15) is 14.4 Å². The highest BCUT2D eigenvalue weighted by Crippen LogP contribution is 2.36. The van der Waals surface area contributed by atoms with Gasteiger partial charge in [0.05, 0.1) is 17.7 Å². The minimum Gasteiger partial charge on any atom is -0.483 e. The molecule has 1 aliphatic heterocycles. The van der Waals surface area contributed by atoms with E-state index in [1.165, 1.54) is 0 Å². The van der Waals surface area contributed by atoms with E-state index in [1.54, 1.807) is 26.3 Å². The number of rotatable bonds is 10. The standard InChI is InChI=1S/C29H36N4O6/c1-19-5-4-6-22-24(17-33(27(19)22)13-14-38-3)28(35)32-11-9-21(10-12-32)23-15-20(16-31-29(36)37)7-8-25(23)39-18-26(34)30-2/h4-8,15,17,21,31H,9-14,16,18H2,1-3H3,(H,30,34)(H,36,37). The second-order valence-corrected chi connectivity index (χ2v) is 9.76. The number of nitrogens with zero attached hydrogens (tertiary/aromatic N) is 2. The number of carbonyl (C=O) groups excluding carboxylic acids is 2. The predicted molar refractivity (Wildman–Crippen MR) is 147 cm³/mol. The number of carbonyl (C=O) groups is 3. The van der Waals surface area contributed by atoms with E-state index >= 15 is 0 Å². The predicted octanol–water partition coefficient (Wildman–Crippen LogP) is 3.51. The molecule has 3 aromatic rings. The van der Waals surface area contributed by atoms with Gasteiger partial charge in [0.2, 0.25) is 0 Å². The van der Waals surface area contributed by atoms with Crippen LogP contribution in [0.3, 0.4) is 0 Å². The molecule has 0 spiro atoms. The number of benzene rings is 2. The van der Waals surface area contributed by atoms with Gasteiger partial charge in [-0.3, -0.25) is 9.59 Å². The number of methoxy groups -OCH3 is 1. The number of carboxylic acid groups (broad SMARTS) is 1. The van der Waals surface area contributed by atoms with Crippen LogP contribution in [0.25, 0.3) is 10.9 Å². The van der Waals surface area contributed by atoms with Crippen molar-refractivity contribution in [3.8, 4) is 5.75 Å². The topological polar surface area (TPSA) is 122 Å². The highest BCUT2D eigenvalue weighted by atomic mass is 16.5. The molecule has 1 aliphatic rings. The van der Waals surface area contributed by atoms with Gasteiger partial charge in [-0.2, -0.15) is 0 Å². The van der Waals surface area contributed by atoms with Crippen LogP contribution in [0.2, 0.25) is 0 Å². The zero-order valence-electron chi connectivity index (χ0n) is 22.7. The zero-order valence-corrected chi connectivity index (χ0v) is 22.7. The molecule has 0 atom stereocenters. The number of piperidine rings is 1. The van der Waals surface area contributed by atoms with E-state index < -0.39 is 6.09 Å². The Hall–Kier alpha value is -4.05. The molecule has 0 saturated carbocycles. The Morgan fingerprint density at radius 3 is 2.59 bits per heavy atom. The summed E-state index contributed by atoms with van der Waals surface area (Å²) in [5.74, 6) is 0.469. The largest absolute Gasteiger partial charge is 0.483 e. The summed E-state index contributed by atoms with van der Waals surface area (Å²) < 4.78 is 13.2. The number of aryl methyl sites for hydroxylation is 1. The maximum Gasteiger partial charge on any atom is 0.404 e. The summed E-state index contributed by atoms with van der Waals surface area (Å²) in [5.41, 5.74) is 4.58. The summed E-state index contributed by atoms with van der Waals surface area (Å²) in [6.07, 6.45) is 2.29. The second kappa shape index (κ2) is 12.7. The van der Waals surface area contributed by atoms with Crippen LogP contribution in [0.1, 0.15) is 45.8 Å². The number of hydrogen-bond donors (Lipinski definition) is 3. The van der Waals surface area contributed by atoms with Crippen molar-refractivity contribution in [2.24, 2.45) is 0 Å². The zero-order chi connectivity index (χ0) is 27.9. The molecule has 10 nitrogen and oxygen atoms in total. The van der Waals surface area contributed by atoms with Crippen molar-refractivity contribution >= 4 is 28.8 Å². The van der Waals surface area contributed by atoms with Gasteiger partial charge in [-0.1, -0.05) is 30.3 Å². The molecule has 1 fully saturated rings. The fraction of sp³-hybridized carbons (Fsp3) is 0.414. The van der Waals surface area contributed by atoms with Gasteiger partial charge in [0, 0.05) is 51.9 Å². The highest BCUT2D eigenvalue weighted by molar-refractivity contribution is 6.07. The van der Waals surface area contributed by atoms with Gasteiger partial charge in [0.1, 0.15) is 5.75 Å². The third kappa shape index (κ3) is 6.51. The molecule has 0 unspecified atom stereocenters. The molecular formula is C29H36N4O6. The van der Waals surface area contributed by atoms with Gasteiger partial charge >= 0.3 is 6.09 Å². The molecule has 39 heavy (non-hydrogen) atoms. The van der Waals surface area contributed by atoms with Crippen LogP contribution >= 0.6 is 0 Å². The fourth-order valence-corrected chi connectivity index (χ4v) is 5.20. The lowest BCUT2D eigenvalue weighted by atomic mass is 9.87. The van der Waals surface area contributed by atoms with Crippen molar-refractivity contribution in [1.29, 1.82) is 0 Å². The number of hydrogen-bond acceptors (Lipinski definition) is 5. The Labute approximate surface area is 227 Å². The summed E-state index contributed by atoms with van der Waals surface area (Å²) in [4.78, 5) is 38.3. The Bertz CT molecular complexity index is 1340. The lowest BCUT2D eigenvalue weighted by molar-refractivity contribution is -0.122. The van der Waals surface area contributed by atoms with Crippen LogP contribution in [-0.2, 0) is 22.6 Å². The molecule has 0 radical (unpaired) electrons. The molecule has 3 N–H and O–H groups in total. The molecule has 3 amide bonds. The van der Waals surface area contributed by atoms with Crippen LogP contribution in [0.15, 0.2) is 42.6 Å². The smallest absolute Gasteiger partial charge is 0.404 e. The average Bonchev–Trinajstić information content (AvgIpc) is 3.33. The molecule has 4 rings (SSSR count). The number of likely N-dealkylation sites (tertiary alicyclic amines) is 1. The van der Waals surface area contributed by atoms with Crippen LogP contribution in [0.4, 0.5) is 4.79 Å². The SMILES string of the molecule is CNC(=O)COc1ccc(CNC(=O)O)cc1C1CCN(C(=O)c2cn(CCOC)c3c(C)cccc23)CC1. The van der Waals surface area contributed by atoms with E-state index in [0.29, 0.717) is 37.6 Å². The first-order chi connectivity index (χ1) is 18.8. The van der Waals surface area contributed by atoms with Crippen molar-refractivity contribution in [1.82, 2.24) is 20.1 Å². The Balaban J connectivity index is 1.52. The molecule has 10 heteroatoms. The number of aromatic nitrogens is 1. The average molecular weight is 537 g/mol. The van der Waals surface area contributed by atoms with E-state index in [4.69, 9.17) is 14.6 Å². The summed E-state index contributed by atoms with van der Waals surface area (Å²) in [7, 11) is 3.22. The van der Waals surface area contributed by atoms with E-state index in [-0.39, 0.29) is 30.9 Å². The van der Waals surface area contributed by atoms with Crippen molar-refractivity contribution in [3.63, 3.8) is 0 Å². The molecule has 2 heterocycles. The maximum atomic E-state index is 13.7. The van der Waals surface area contributed by atoms with E-state index in [2.05, 4.69) is 28.2 Å². The Kier molecular flexibility index (Phi) is 9.08. The van der Waals surface area contributed by atoms with Gasteiger partial charge in [-0.15, -0.1) is 0 Å². The minimum atomic E-state index is -1.10. The second-order valence-electron chi connectivity index (χ2n) is 9.76. The third-order valence-electron chi connectivity index (χ3n) is 7.24. The first-order valence-electron chi connectivity index (χ1n) is 13.1. The molecule has 0 bridgehead atoms. The number of fused-ring (bicyclic) bond motifs is 1. The van der Waals surface area contributed by atoms with Gasteiger partial charge < -0.3 is 34.7 Å². The third-order valence-corrected chi connectivity index (χ3v) is 7.24. The lowest BCUT2D eigenvalue weighted by Crippen LogP contribution is -2.38. The maximum absolute atomic E-state index is 13.7.